The lowest BCUT2D eigenvalue weighted by molar-refractivity contribution is -0.209. The summed E-state index contributed by atoms with van der Waals surface area (Å²) < 4.78 is 36.2. The maximum atomic E-state index is 12.1. The number of aliphatic hydroxyl groups is 1. The Hall–Kier alpha value is -1.07. The van der Waals surface area contributed by atoms with Crippen LogP contribution in [0.5, 0.6) is 0 Å². The SMILES string of the molecule is N[C@@H](Cc1ccccc1)[C@H](O)C(F)(F)F. The summed E-state index contributed by atoms with van der Waals surface area (Å²) in [5.41, 5.74) is 5.94. The summed E-state index contributed by atoms with van der Waals surface area (Å²) in [6, 6.07) is 7.19. The van der Waals surface area contributed by atoms with Crippen molar-refractivity contribution in [3.63, 3.8) is 0 Å². The van der Waals surface area contributed by atoms with Gasteiger partial charge in [0.1, 0.15) is 0 Å². The van der Waals surface area contributed by atoms with Gasteiger partial charge < -0.3 is 10.8 Å². The van der Waals surface area contributed by atoms with Crippen LogP contribution in [-0.2, 0) is 6.42 Å². The first-order valence-electron chi connectivity index (χ1n) is 4.45. The quantitative estimate of drug-likeness (QED) is 0.808. The van der Waals surface area contributed by atoms with Crippen LogP contribution >= 0.6 is 0 Å². The molecule has 0 fully saturated rings. The van der Waals surface area contributed by atoms with Gasteiger partial charge in [0, 0.05) is 6.04 Å². The molecule has 0 saturated heterocycles. The van der Waals surface area contributed by atoms with Crippen molar-refractivity contribution < 1.29 is 18.3 Å². The fraction of sp³-hybridized carbons (Fsp3) is 0.400. The molecule has 0 heterocycles. The lowest BCUT2D eigenvalue weighted by Crippen LogP contribution is -2.46. The second-order valence-electron chi connectivity index (χ2n) is 3.34. The Balaban J connectivity index is 2.60. The molecule has 1 aromatic carbocycles. The summed E-state index contributed by atoms with van der Waals surface area (Å²) in [7, 11) is 0. The molecule has 84 valence electrons. The highest BCUT2D eigenvalue weighted by Gasteiger charge is 2.41. The average molecular weight is 219 g/mol. The van der Waals surface area contributed by atoms with E-state index >= 15 is 0 Å². The summed E-state index contributed by atoms with van der Waals surface area (Å²) >= 11 is 0. The van der Waals surface area contributed by atoms with Crippen LogP contribution < -0.4 is 5.73 Å². The molecule has 0 saturated carbocycles. The first-order chi connectivity index (χ1) is 6.91. The van der Waals surface area contributed by atoms with E-state index in [2.05, 4.69) is 0 Å². The van der Waals surface area contributed by atoms with Gasteiger partial charge in [-0.25, -0.2) is 0 Å². The van der Waals surface area contributed by atoms with Gasteiger partial charge in [-0.15, -0.1) is 0 Å². The van der Waals surface area contributed by atoms with Crippen molar-refractivity contribution in [2.75, 3.05) is 0 Å². The maximum Gasteiger partial charge on any atom is 0.415 e. The van der Waals surface area contributed by atoms with Crippen molar-refractivity contribution in [2.24, 2.45) is 5.73 Å². The Morgan fingerprint density at radius 2 is 1.73 bits per heavy atom. The Kier molecular flexibility index (Phi) is 3.71. The first-order valence-corrected chi connectivity index (χ1v) is 4.45. The third kappa shape index (κ3) is 3.53. The molecule has 0 aromatic heterocycles. The number of alkyl halides is 3. The van der Waals surface area contributed by atoms with Gasteiger partial charge >= 0.3 is 6.18 Å². The number of halogens is 3. The minimum atomic E-state index is -4.66. The second kappa shape index (κ2) is 4.63. The van der Waals surface area contributed by atoms with Crippen LogP contribution in [0.1, 0.15) is 5.56 Å². The topological polar surface area (TPSA) is 46.2 Å². The lowest BCUT2D eigenvalue weighted by Gasteiger charge is -2.21. The zero-order valence-electron chi connectivity index (χ0n) is 7.91. The predicted octanol–water partition coefficient (Wildman–Crippen LogP) is 1.48. The van der Waals surface area contributed by atoms with Gasteiger partial charge in [0.05, 0.1) is 0 Å². The molecule has 0 aliphatic carbocycles. The van der Waals surface area contributed by atoms with E-state index in [-0.39, 0.29) is 6.42 Å². The van der Waals surface area contributed by atoms with Crippen LogP contribution in [0.25, 0.3) is 0 Å². The van der Waals surface area contributed by atoms with Crippen LogP contribution in [-0.4, -0.2) is 23.4 Å². The molecule has 2 atom stereocenters. The molecule has 5 heteroatoms. The number of hydrogen-bond donors (Lipinski definition) is 2. The number of benzene rings is 1. The number of rotatable bonds is 3. The van der Waals surface area contributed by atoms with E-state index in [9.17, 15) is 13.2 Å². The summed E-state index contributed by atoms with van der Waals surface area (Å²) in [5.74, 6) is 0. The molecule has 0 unspecified atom stereocenters. The molecule has 3 N–H and O–H groups in total. The molecule has 0 spiro atoms. The van der Waals surface area contributed by atoms with Gasteiger partial charge in [-0.1, -0.05) is 30.3 Å². The lowest BCUT2D eigenvalue weighted by atomic mass is 10.0. The third-order valence-corrected chi connectivity index (χ3v) is 2.06. The molecule has 0 bridgehead atoms. The van der Waals surface area contributed by atoms with Gasteiger partial charge in [-0.3, -0.25) is 0 Å². The highest BCUT2D eigenvalue weighted by atomic mass is 19.4. The molecule has 0 aliphatic heterocycles. The van der Waals surface area contributed by atoms with Crippen molar-refractivity contribution in [3.8, 4) is 0 Å². The van der Waals surface area contributed by atoms with Crippen molar-refractivity contribution in [1.29, 1.82) is 0 Å². The average Bonchev–Trinajstić information content (AvgIpc) is 2.16. The zero-order chi connectivity index (χ0) is 11.5. The predicted molar refractivity (Wildman–Crippen MR) is 50.2 cm³/mol. The molecule has 1 rings (SSSR count). The summed E-state index contributed by atoms with van der Waals surface area (Å²) in [4.78, 5) is 0. The smallest absolute Gasteiger partial charge is 0.382 e. The highest BCUT2D eigenvalue weighted by molar-refractivity contribution is 5.16. The van der Waals surface area contributed by atoms with Crippen molar-refractivity contribution in [2.45, 2.75) is 24.7 Å². The number of nitrogens with two attached hydrogens (primary N) is 1. The van der Waals surface area contributed by atoms with Gasteiger partial charge in [0.2, 0.25) is 0 Å². The summed E-state index contributed by atoms with van der Waals surface area (Å²) in [5, 5.41) is 8.87. The Labute approximate surface area is 85.5 Å². The fourth-order valence-electron chi connectivity index (χ4n) is 1.24. The molecular formula is C10H12F3NO. The van der Waals surface area contributed by atoms with Crippen LogP contribution in [0.3, 0.4) is 0 Å². The fourth-order valence-corrected chi connectivity index (χ4v) is 1.24. The minimum Gasteiger partial charge on any atom is -0.382 e. The van der Waals surface area contributed by atoms with E-state index in [0.717, 1.165) is 0 Å². The monoisotopic (exact) mass is 219 g/mol. The normalized spacial score (nSPS) is 16.1. The standard InChI is InChI=1S/C10H12F3NO/c11-10(12,13)9(15)8(14)6-7-4-2-1-3-5-7/h1-5,8-9,15H,6,14H2/t8-,9-/m0/s1. The van der Waals surface area contributed by atoms with E-state index in [0.29, 0.717) is 5.56 Å². The molecule has 0 aliphatic rings. The van der Waals surface area contributed by atoms with Crippen molar-refractivity contribution >= 4 is 0 Å². The van der Waals surface area contributed by atoms with Crippen LogP contribution in [0, 0.1) is 0 Å². The largest absolute Gasteiger partial charge is 0.415 e. The molecule has 0 radical (unpaired) electrons. The summed E-state index contributed by atoms with van der Waals surface area (Å²) in [6.45, 7) is 0. The number of aliphatic hydroxyl groups excluding tert-OH is 1. The molecule has 2 nitrogen and oxygen atoms in total. The minimum absolute atomic E-state index is 0.00150. The molecule has 1 aromatic rings. The molecule has 15 heavy (non-hydrogen) atoms. The van der Waals surface area contributed by atoms with E-state index in [1.54, 1.807) is 30.3 Å². The Morgan fingerprint density at radius 3 is 2.20 bits per heavy atom. The van der Waals surface area contributed by atoms with Crippen LogP contribution in [0.15, 0.2) is 30.3 Å². The Morgan fingerprint density at radius 1 is 1.20 bits per heavy atom. The van der Waals surface area contributed by atoms with Gasteiger partial charge in [-0.05, 0) is 12.0 Å². The summed E-state index contributed by atoms with van der Waals surface area (Å²) in [6.07, 6.45) is -7.13. The van der Waals surface area contributed by atoms with Gasteiger partial charge in [0.25, 0.3) is 0 Å². The van der Waals surface area contributed by atoms with E-state index in [1.165, 1.54) is 0 Å². The Bertz CT molecular complexity index is 299. The highest BCUT2D eigenvalue weighted by Crippen LogP contribution is 2.22. The second-order valence-corrected chi connectivity index (χ2v) is 3.34. The number of hydrogen-bond acceptors (Lipinski definition) is 2. The van der Waals surface area contributed by atoms with Gasteiger partial charge in [-0.2, -0.15) is 13.2 Å². The maximum absolute atomic E-state index is 12.1. The molecular weight excluding hydrogens is 207 g/mol. The zero-order valence-corrected chi connectivity index (χ0v) is 7.91. The van der Waals surface area contributed by atoms with E-state index < -0.39 is 18.3 Å². The van der Waals surface area contributed by atoms with Crippen molar-refractivity contribution in [1.82, 2.24) is 0 Å². The van der Waals surface area contributed by atoms with E-state index in [4.69, 9.17) is 10.8 Å². The third-order valence-electron chi connectivity index (χ3n) is 2.06. The van der Waals surface area contributed by atoms with Crippen LogP contribution in [0.4, 0.5) is 13.2 Å². The van der Waals surface area contributed by atoms with Crippen molar-refractivity contribution in [3.05, 3.63) is 35.9 Å². The van der Waals surface area contributed by atoms with Gasteiger partial charge in [0.15, 0.2) is 6.10 Å². The van der Waals surface area contributed by atoms with Crippen LogP contribution in [0.2, 0.25) is 0 Å². The molecule has 0 amide bonds. The van der Waals surface area contributed by atoms with E-state index in [1.807, 2.05) is 0 Å². The first kappa shape index (κ1) is 12.0.